The quantitative estimate of drug-likeness (QED) is 0.743. The number of amides is 1. The van der Waals surface area contributed by atoms with Crippen LogP contribution < -0.4 is 16.6 Å². The molecule has 2 aromatic rings. The van der Waals surface area contributed by atoms with Gasteiger partial charge in [-0.3, -0.25) is 10.1 Å². The number of hydrogen-bond acceptors (Lipinski definition) is 4. The fourth-order valence-electron chi connectivity index (χ4n) is 1.86. The van der Waals surface area contributed by atoms with Gasteiger partial charge in [-0.15, -0.1) is 0 Å². The second-order valence-corrected chi connectivity index (χ2v) is 5.87. The van der Waals surface area contributed by atoms with Gasteiger partial charge in [0.15, 0.2) is 0 Å². The third kappa shape index (κ3) is 4.12. The van der Waals surface area contributed by atoms with Crippen LogP contribution in [0.4, 0.5) is 16.2 Å². The number of nitrogens with two attached hydrogens (primary N) is 1. The zero-order chi connectivity index (χ0) is 16.3. The first kappa shape index (κ1) is 15.6. The zero-order valence-corrected chi connectivity index (χ0v) is 12.8. The summed E-state index contributed by atoms with van der Waals surface area (Å²) < 4.78 is 5.18. The molecule has 22 heavy (non-hydrogen) atoms. The van der Waals surface area contributed by atoms with E-state index in [4.69, 9.17) is 10.5 Å². The molecule has 1 amide bonds. The van der Waals surface area contributed by atoms with E-state index in [1.165, 1.54) is 6.07 Å². The van der Waals surface area contributed by atoms with E-state index in [-0.39, 0.29) is 5.56 Å². The minimum Gasteiger partial charge on any atom is -0.444 e. The van der Waals surface area contributed by atoms with Gasteiger partial charge in [0.2, 0.25) is 5.56 Å². The first-order valence-electron chi connectivity index (χ1n) is 6.83. The van der Waals surface area contributed by atoms with Crippen molar-refractivity contribution in [2.45, 2.75) is 26.4 Å². The summed E-state index contributed by atoms with van der Waals surface area (Å²) in [6, 6.07) is 8.36. The van der Waals surface area contributed by atoms with E-state index in [0.29, 0.717) is 11.4 Å². The number of hydrogen-bond donors (Lipinski definition) is 3. The van der Waals surface area contributed by atoms with E-state index >= 15 is 0 Å². The van der Waals surface area contributed by atoms with Gasteiger partial charge in [-0.25, -0.2) is 4.79 Å². The number of benzene rings is 1. The molecule has 0 unspecified atom stereocenters. The van der Waals surface area contributed by atoms with E-state index < -0.39 is 11.7 Å². The maximum Gasteiger partial charge on any atom is 0.412 e. The highest BCUT2D eigenvalue weighted by Crippen LogP contribution is 2.26. The molecule has 1 heterocycles. The van der Waals surface area contributed by atoms with Crippen molar-refractivity contribution < 1.29 is 9.53 Å². The van der Waals surface area contributed by atoms with Gasteiger partial charge in [-0.1, -0.05) is 6.07 Å². The van der Waals surface area contributed by atoms with Gasteiger partial charge in [0.1, 0.15) is 5.60 Å². The Morgan fingerprint density at radius 2 is 1.86 bits per heavy atom. The Kier molecular flexibility index (Phi) is 4.21. The number of H-pyrrole nitrogens is 1. The fraction of sp³-hybridized carbons (Fsp3) is 0.250. The van der Waals surface area contributed by atoms with Gasteiger partial charge < -0.3 is 15.5 Å². The summed E-state index contributed by atoms with van der Waals surface area (Å²) in [7, 11) is 0. The average Bonchev–Trinajstić information content (AvgIpc) is 2.40. The zero-order valence-electron chi connectivity index (χ0n) is 12.8. The molecule has 2 rings (SSSR count). The molecular formula is C16H19N3O3. The third-order valence-electron chi connectivity index (χ3n) is 2.80. The van der Waals surface area contributed by atoms with Gasteiger partial charge in [-0.05, 0) is 50.1 Å². The normalized spacial score (nSPS) is 11.0. The Bertz CT molecular complexity index is 725. The minimum atomic E-state index is -0.575. The number of nitrogen functional groups attached to an aromatic ring is 1. The second-order valence-electron chi connectivity index (χ2n) is 5.87. The van der Waals surface area contributed by atoms with Gasteiger partial charge in [0, 0.05) is 12.3 Å². The predicted octanol–water partition coefficient (Wildman–Crippen LogP) is 2.97. The SMILES string of the molecule is CC(C)(C)OC(=O)Nc1ccc(-c2ccc(=O)[nH]c2)cc1N. The standard InChI is InChI=1S/C16H19N3O3/c1-16(2,3)22-15(21)19-13-6-4-10(8-12(13)17)11-5-7-14(20)18-9-11/h4-9H,17H2,1-3H3,(H,18,20)(H,19,21). The predicted molar refractivity (Wildman–Crippen MR) is 86.8 cm³/mol. The second kappa shape index (κ2) is 5.93. The Morgan fingerprint density at radius 3 is 2.41 bits per heavy atom. The number of rotatable bonds is 2. The van der Waals surface area contributed by atoms with Crippen LogP contribution >= 0.6 is 0 Å². The summed E-state index contributed by atoms with van der Waals surface area (Å²) >= 11 is 0. The summed E-state index contributed by atoms with van der Waals surface area (Å²) in [5, 5.41) is 2.61. The van der Waals surface area contributed by atoms with Crippen molar-refractivity contribution in [1.29, 1.82) is 0 Å². The smallest absolute Gasteiger partial charge is 0.412 e. The molecule has 1 aromatic heterocycles. The summed E-state index contributed by atoms with van der Waals surface area (Å²) in [4.78, 5) is 25.4. The van der Waals surface area contributed by atoms with Crippen LogP contribution in [0.25, 0.3) is 11.1 Å². The molecule has 0 aliphatic heterocycles. The molecule has 6 heteroatoms. The lowest BCUT2D eigenvalue weighted by molar-refractivity contribution is 0.0636. The molecule has 6 nitrogen and oxygen atoms in total. The molecule has 0 saturated heterocycles. The van der Waals surface area contributed by atoms with Crippen LogP contribution in [0.3, 0.4) is 0 Å². The fourth-order valence-corrected chi connectivity index (χ4v) is 1.86. The van der Waals surface area contributed by atoms with Crippen LogP contribution in [0.5, 0.6) is 0 Å². The van der Waals surface area contributed by atoms with Gasteiger partial charge in [-0.2, -0.15) is 0 Å². The van der Waals surface area contributed by atoms with E-state index in [1.54, 1.807) is 51.2 Å². The summed E-state index contributed by atoms with van der Waals surface area (Å²) in [6.45, 7) is 5.36. The average molecular weight is 301 g/mol. The first-order valence-corrected chi connectivity index (χ1v) is 6.83. The Morgan fingerprint density at radius 1 is 1.18 bits per heavy atom. The molecule has 4 N–H and O–H groups in total. The largest absolute Gasteiger partial charge is 0.444 e. The Hall–Kier alpha value is -2.76. The van der Waals surface area contributed by atoms with Crippen LogP contribution in [0, 0.1) is 0 Å². The molecule has 1 aromatic carbocycles. The molecule has 0 fully saturated rings. The van der Waals surface area contributed by atoms with Crippen molar-refractivity contribution in [3.8, 4) is 11.1 Å². The minimum absolute atomic E-state index is 0.167. The van der Waals surface area contributed by atoms with E-state index in [1.807, 2.05) is 0 Å². The lowest BCUT2D eigenvalue weighted by atomic mass is 10.1. The number of carbonyl (C=O) groups is 1. The highest BCUT2D eigenvalue weighted by Gasteiger charge is 2.17. The van der Waals surface area contributed by atoms with E-state index in [9.17, 15) is 9.59 Å². The van der Waals surface area contributed by atoms with Gasteiger partial charge in [0.05, 0.1) is 11.4 Å². The molecule has 0 saturated carbocycles. The Labute approximate surface area is 128 Å². The number of pyridine rings is 1. The summed E-state index contributed by atoms with van der Waals surface area (Å²) in [5.74, 6) is 0. The van der Waals surface area contributed by atoms with Crippen LogP contribution in [0.1, 0.15) is 20.8 Å². The van der Waals surface area contributed by atoms with Crippen LogP contribution in [0.2, 0.25) is 0 Å². The van der Waals surface area contributed by atoms with Crippen molar-refractivity contribution in [3.05, 3.63) is 46.9 Å². The molecule has 116 valence electrons. The third-order valence-corrected chi connectivity index (χ3v) is 2.80. The topological polar surface area (TPSA) is 97.2 Å². The Balaban J connectivity index is 2.18. The van der Waals surface area contributed by atoms with Gasteiger partial charge >= 0.3 is 6.09 Å². The van der Waals surface area contributed by atoms with Crippen molar-refractivity contribution in [2.75, 3.05) is 11.1 Å². The monoisotopic (exact) mass is 301 g/mol. The van der Waals surface area contributed by atoms with Crippen molar-refractivity contribution in [1.82, 2.24) is 4.98 Å². The van der Waals surface area contributed by atoms with E-state index in [2.05, 4.69) is 10.3 Å². The van der Waals surface area contributed by atoms with Crippen LogP contribution in [0.15, 0.2) is 41.3 Å². The highest BCUT2D eigenvalue weighted by molar-refractivity contribution is 5.90. The number of carbonyl (C=O) groups excluding carboxylic acids is 1. The van der Waals surface area contributed by atoms with E-state index in [0.717, 1.165) is 11.1 Å². The molecule has 0 atom stereocenters. The number of aromatic nitrogens is 1. The molecule has 0 spiro atoms. The van der Waals surface area contributed by atoms with Crippen LogP contribution in [-0.2, 0) is 4.74 Å². The molecule has 0 radical (unpaired) electrons. The number of nitrogens with one attached hydrogen (secondary N) is 2. The van der Waals surface area contributed by atoms with Crippen molar-refractivity contribution in [2.24, 2.45) is 0 Å². The van der Waals surface area contributed by atoms with Crippen LogP contribution in [-0.4, -0.2) is 16.7 Å². The van der Waals surface area contributed by atoms with Crippen molar-refractivity contribution in [3.63, 3.8) is 0 Å². The lowest BCUT2D eigenvalue weighted by Crippen LogP contribution is -2.27. The molecular weight excluding hydrogens is 282 g/mol. The first-order chi connectivity index (χ1) is 10.2. The summed E-state index contributed by atoms with van der Waals surface area (Å²) in [5.41, 5.74) is 7.77. The van der Waals surface area contributed by atoms with Crippen molar-refractivity contribution >= 4 is 17.5 Å². The number of aromatic amines is 1. The summed E-state index contributed by atoms with van der Waals surface area (Å²) in [6.07, 6.45) is 1.05. The number of anilines is 2. The maximum absolute atomic E-state index is 11.7. The molecule has 0 aliphatic rings. The van der Waals surface area contributed by atoms with Gasteiger partial charge in [0.25, 0.3) is 0 Å². The lowest BCUT2D eigenvalue weighted by Gasteiger charge is -2.20. The molecule has 0 bridgehead atoms. The maximum atomic E-state index is 11.7. The number of ether oxygens (including phenoxy) is 1. The molecule has 0 aliphatic carbocycles. The highest BCUT2D eigenvalue weighted by atomic mass is 16.6.